The van der Waals surface area contributed by atoms with E-state index in [0.717, 1.165) is 11.4 Å². The number of carbonyl (C=O) groups is 1. The van der Waals surface area contributed by atoms with E-state index >= 15 is 0 Å². The molecule has 2 heterocycles. The lowest BCUT2D eigenvalue weighted by Gasteiger charge is -2.27. The summed E-state index contributed by atoms with van der Waals surface area (Å²) >= 11 is 0. The van der Waals surface area contributed by atoms with E-state index in [2.05, 4.69) is 15.3 Å². The van der Waals surface area contributed by atoms with E-state index < -0.39 is 0 Å². The van der Waals surface area contributed by atoms with Gasteiger partial charge in [0.15, 0.2) is 0 Å². The SMILES string of the molecule is Cc1nccnc1C(C)NCCC(=O)N1CCOCC1. The van der Waals surface area contributed by atoms with Crippen LogP contribution >= 0.6 is 0 Å². The number of aryl methyl sites for hydroxylation is 1. The molecule has 1 aliphatic rings. The van der Waals surface area contributed by atoms with Crippen molar-refractivity contribution in [1.29, 1.82) is 0 Å². The summed E-state index contributed by atoms with van der Waals surface area (Å²) in [5.74, 6) is 0.184. The van der Waals surface area contributed by atoms with E-state index in [1.165, 1.54) is 0 Å². The highest BCUT2D eigenvalue weighted by atomic mass is 16.5. The number of ether oxygens (including phenoxy) is 1. The maximum atomic E-state index is 12.0. The molecule has 1 N–H and O–H groups in total. The molecule has 0 saturated carbocycles. The van der Waals surface area contributed by atoms with Crippen LogP contribution in [0.4, 0.5) is 0 Å². The average molecular weight is 278 g/mol. The number of hydrogen-bond donors (Lipinski definition) is 1. The van der Waals surface area contributed by atoms with Gasteiger partial charge in [-0.15, -0.1) is 0 Å². The Hall–Kier alpha value is -1.53. The molecule has 0 aromatic carbocycles. The standard InChI is InChI=1S/C14H22N4O2/c1-11(14-12(2)16-5-6-17-14)15-4-3-13(19)18-7-9-20-10-8-18/h5-6,11,15H,3-4,7-10H2,1-2H3. The first kappa shape index (κ1) is 14.9. The molecule has 1 atom stereocenters. The Bertz CT molecular complexity index is 447. The molecule has 0 bridgehead atoms. The molecular weight excluding hydrogens is 256 g/mol. The molecule has 110 valence electrons. The van der Waals surface area contributed by atoms with Crippen molar-refractivity contribution in [2.45, 2.75) is 26.3 Å². The zero-order valence-electron chi connectivity index (χ0n) is 12.1. The van der Waals surface area contributed by atoms with Crippen LogP contribution in [0.25, 0.3) is 0 Å². The third-order valence-electron chi connectivity index (χ3n) is 3.48. The predicted molar refractivity (Wildman–Crippen MR) is 75.2 cm³/mol. The second kappa shape index (κ2) is 7.31. The summed E-state index contributed by atoms with van der Waals surface area (Å²) in [6.45, 7) is 7.33. The molecule has 0 radical (unpaired) electrons. The lowest BCUT2D eigenvalue weighted by molar-refractivity contribution is -0.135. The van der Waals surface area contributed by atoms with E-state index in [1.54, 1.807) is 12.4 Å². The Morgan fingerprint density at radius 3 is 2.80 bits per heavy atom. The molecule has 0 aliphatic carbocycles. The van der Waals surface area contributed by atoms with E-state index in [-0.39, 0.29) is 11.9 Å². The van der Waals surface area contributed by atoms with Gasteiger partial charge >= 0.3 is 0 Å². The smallest absolute Gasteiger partial charge is 0.224 e. The molecule has 20 heavy (non-hydrogen) atoms. The lowest BCUT2D eigenvalue weighted by Crippen LogP contribution is -2.41. The molecule has 1 aliphatic heterocycles. The highest BCUT2D eigenvalue weighted by Crippen LogP contribution is 2.11. The number of aromatic nitrogens is 2. The maximum absolute atomic E-state index is 12.0. The lowest BCUT2D eigenvalue weighted by atomic mass is 10.2. The fourth-order valence-corrected chi connectivity index (χ4v) is 2.31. The van der Waals surface area contributed by atoms with Gasteiger partial charge in [0, 0.05) is 44.5 Å². The van der Waals surface area contributed by atoms with E-state index in [9.17, 15) is 4.79 Å². The first-order valence-electron chi connectivity index (χ1n) is 7.05. The van der Waals surface area contributed by atoms with Gasteiger partial charge in [0.2, 0.25) is 5.91 Å². The highest BCUT2D eigenvalue weighted by molar-refractivity contribution is 5.76. The Morgan fingerprint density at radius 2 is 2.10 bits per heavy atom. The fourth-order valence-electron chi connectivity index (χ4n) is 2.31. The molecule has 1 amide bonds. The van der Waals surface area contributed by atoms with Gasteiger partial charge in [-0.05, 0) is 13.8 Å². The van der Waals surface area contributed by atoms with Crippen molar-refractivity contribution in [3.8, 4) is 0 Å². The van der Waals surface area contributed by atoms with E-state index in [4.69, 9.17) is 4.74 Å². The molecule has 1 aromatic heterocycles. The molecule has 1 aromatic rings. The second-order valence-electron chi connectivity index (χ2n) is 4.95. The van der Waals surface area contributed by atoms with E-state index in [0.29, 0.717) is 39.3 Å². The topological polar surface area (TPSA) is 67.4 Å². The van der Waals surface area contributed by atoms with Crippen molar-refractivity contribution in [3.05, 3.63) is 23.8 Å². The Balaban J connectivity index is 1.75. The van der Waals surface area contributed by atoms with Crippen LogP contribution in [0, 0.1) is 6.92 Å². The summed E-state index contributed by atoms with van der Waals surface area (Å²) in [7, 11) is 0. The van der Waals surface area contributed by atoms with Crippen molar-refractivity contribution in [2.75, 3.05) is 32.8 Å². The highest BCUT2D eigenvalue weighted by Gasteiger charge is 2.17. The van der Waals surface area contributed by atoms with Gasteiger partial charge in [-0.3, -0.25) is 14.8 Å². The quantitative estimate of drug-likeness (QED) is 0.858. The minimum absolute atomic E-state index is 0.0983. The first-order chi connectivity index (χ1) is 9.68. The minimum Gasteiger partial charge on any atom is -0.378 e. The molecular formula is C14H22N4O2. The number of morpholine rings is 1. The summed E-state index contributed by atoms with van der Waals surface area (Å²) < 4.78 is 5.24. The summed E-state index contributed by atoms with van der Waals surface area (Å²) in [5, 5.41) is 3.33. The van der Waals surface area contributed by atoms with Crippen LogP contribution in [0.15, 0.2) is 12.4 Å². The second-order valence-corrected chi connectivity index (χ2v) is 4.95. The number of nitrogens with zero attached hydrogens (tertiary/aromatic N) is 3. The predicted octanol–water partition coefficient (Wildman–Crippen LogP) is 0.685. The van der Waals surface area contributed by atoms with Crippen LogP contribution in [-0.2, 0) is 9.53 Å². The third kappa shape index (κ3) is 3.98. The summed E-state index contributed by atoms with van der Waals surface area (Å²) in [6, 6.07) is 0.0983. The maximum Gasteiger partial charge on any atom is 0.224 e. The third-order valence-corrected chi connectivity index (χ3v) is 3.48. The largest absolute Gasteiger partial charge is 0.378 e. The Morgan fingerprint density at radius 1 is 1.40 bits per heavy atom. The van der Waals surface area contributed by atoms with Crippen LogP contribution < -0.4 is 5.32 Å². The van der Waals surface area contributed by atoms with Gasteiger partial charge in [-0.25, -0.2) is 0 Å². The van der Waals surface area contributed by atoms with Crippen LogP contribution in [-0.4, -0.2) is 53.6 Å². The summed E-state index contributed by atoms with van der Waals surface area (Å²) in [4.78, 5) is 22.4. The van der Waals surface area contributed by atoms with Crippen LogP contribution in [0.5, 0.6) is 0 Å². The molecule has 2 rings (SSSR count). The van der Waals surface area contributed by atoms with Crippen molar-refractivity contribution >= 4 is 5.91 Å². The molecule has 1 unspecified atom stereocenters. The van der Waals surface area contributed by atoms with E-state index in [1.807, 2.05) is 18.7 Å². The number of hydrogen-bond acceptors (Lipinski definition) is 5. The van der Waals surface area contributed by atoms with Crippen LogP contribution in [0.1, 0.15) is 30.8 Å². The zero-order valence-corrected chi connectivity index (χ0v) is 12.1. The summed E-state index contributed by atoms with van der Waals surface area (Å²) in [6.07, 6.45) is 3.89. The monoisotopic (exact) mass is 278 g/mol. The van der Waals surface area contributed by atoms with Crippen LogP contribution in [0.3, 0.4) is 0 Å². The molecule has 1 fully saturated rings. The van der Waals surface area contributed by atoms with Crippen molar-refractivity contribution in [2.24, 2.45) is 0 Å². The normalized spacial score (nSPS) is 17.0. The zero-order chi connectivity index (χ0) is 14.4. The Labute approximate surface area is 119 Å². The molecule has 6 nitrogen and oxygen atoms in total. The van der Waals surface area contributed by atoms with Gasteiger partial charge in [0.1, 0.15) is 0 Å². The van der Waals surface area contributed by atoms with Crippen molar-refractivity contribution in [3.63, 3.8) is 0 Å². The number of rotatable bonds is 5. The van der Waals surface area contributed by atoms with Gasteiger partial charge in [0.25, 0.3) is 0 Å². The van der Waals surface area contributed by atoms with Gasteiger partial charge in [-0.1, -0.05) is 0 Å². The van der Waals surface area contributed by atoms with Gasteiger partial charge in [0.05, 0.1) is 24.6 Å². The fraction of sp³-hybridized carbons (Fsp3) is 0.643. The minimum atomic E-state index is 0.0983. The molecule has 1 saturated heterocycles. The van der Waals surface area contributed by atoms with Crippen molar-refractivity contribution < 1.29 is 9.53 Å². The van der Waals surface area contributed by atoms with Crippen molar-refractivity contribution in [1.82, 2.24) is 20.2 Å². The van der Waals surface area contributed by atoms with Gasteiger partial charge < -0.3 is 15.0 Å². The number of carbonyl (C=O) groups excluding carboxylic acids is 1. The Kier molecular flexibility index (Phi) is 5.43. The van der Waals surface area contributed by atoms with Crippen LogP contribution in [0.2, 0.25) is 0 Å². The molecule has 6 heteroatoms. The number of amides is 1. The number of nitrogens with one attached hydrogen (secondary N) is 1. The summed E-state index contributed by atoms with van der Waals surface area (Å²) in [5.41, 5.74) is 1.86. The van der Waals surface area contributed by atoms with Gasteiger partial charge in [-0.2, -0.15) is 0 Å². The average Bonchev–Trinajstić information content (AvgIpc) is 2.48. The molecule has 0 spiro atoms. The first-order valence-corrected chi connectivity index (χ1v) is 7.05.